The molecule has 0 fully saturated rings. The van der Waals surface area contributed by atoms with Gasteiger partial charge in [0.1, 0.15) is 0 Å². The number of hydrogen-bond donors (Lipinski definition) is 2. The van der Waals surface area contributed by atoms with Crippen molar-refractivity contribution in [1.82, 2.24) is 5.32 Å². The molecule has 0 aliphatic carbocycles. The van der Waals surface area contributed by atoms with E-state index in [-0.39, 0.29) is 22.5 Å². The molecule has 1 heterocycles. The SMILES string of the molecule is CCC(=O)Nc1cccc(C(=O)NC2CS(=O)(=O)c3ccccc32)c1. The fourth-order valence-electron chi connectivity index (χ4n) is 2.80. The second kappa shape index (κ2) is 6.68. The molecule has 2 aromatic rings. The molecule has 1 unspecified atom stereocenters. The van der Waals surface area contributed by atoms with E-state index in [2.05, 4.69) is 10.6 Å². The van der Waals surface area contributed by atoms with Crippen LogP contribution in [0.25, 0.3) is 0 Å². The molecule has 2 N–H and O–H groups in total. The van der Waals surface area contributed by atoms with E-state index >= 15 is 0 Å². The number of nitrogens with one attached hydrogen (secondary N) is 2. The fraction of sp³-hybridized carbons (Fsp3) is 0.222. The molecule has 0 aromatic heterocycles. The molecular weight excluding hydrogens is 340 g/mol. The Kier molecular flexibility index (Phi) is 4.59. The minimum atomic E-state index is -3.38. The van der Waals surface area contributed by atoms with Crippen molar-refractivity contribution in [3.05, 3.63) is 59.7 Å². The molecule has 1 aliphatic heterocycles. The normalized spacial score (nSPS) is 17.6. The summed E-state index contributed by atoms with van der Waals surface area (Å²) >= 11 is 0. The van der Waals surface area contributed by atoms with Crippen LogP contribution in [0.1, 0.15) is 35.3 Å². The summed E-state index contributed by atoms with van der Waals surface area (Å²) in [4.78, 5) is 24.2. The van der Waals surface area contributed by atoms with Crippen LogP contribution < -0.4 is 10.6 Å². The molecule has 2 amide bonds. The van der Waals surface area contributed by atoms with Crippen molar-refractivity contribution < 1.29 is 18.0 Å². The van der Waals surface area contributed by atoms with Gasteiger partial charge in [-0.05, 0) is 29.8 Å². The third-order valence-electron chi connectivity index (χ3n) is 4.05. The van der Waals surface area contributed by atoms with Gasteiger partial charge in [0.2, 0.25) is 5.91 Å². The lowest BCUT2D eigenvalue weighted by Gasteiger charge is -2.13. The van der Waals surface area contributed by atoms with Crippen LogP contribution in [0.15, 0.2) is 53.4 Å². The lowest BCUT2D eigenvalue weighted by molar-refractivity contribution is -0.115. The molecule has 0 spiro atoms. The van der Waals surface area contributed by atoms with Gasteiger partial charge in [0.05, 0.1) is 16.7 Å². The summed E-state index contributed by atoms with van der Waals surface area (Å²) in [6.45, 7) is 1.74. The second-order valence-electron chi connectivity index (χ2n) is 5.83. The van der Waals surface area contributed by atoms with E-state index in [1.165, 1.54) is 0 Å². The van der Waals surface area contributed by atoms with Gasteiger partial charge in [-0.25, -0.2) is 8.42 Å². The van der Waals surface area contributed by atoms with Gasteiger partial charge in [-0.2, -0.15) is 0 Å². The number of benzene rings is 2. The number of carbonyl (C=O) groups excluding carboxylic acids is 2. The Morgan fingerprint density at radius 2 is 1.88 bits per heavy atom. The predicted octanol–water partition coefficient (Wildman–Crippen LogP) is 2.29. The molecule has 1 atom stereocenters. The summed E-state index contributed by atoms with van der Waals surface area (Å²) < 4.78 is 24.4. The first-order valence-electron chi connectivity index (χ1n) is 7.93. The van der Waals surface area contributed by atoms with Crippen LogP contribution in [-0.4, -0.2) is 26.0 Å². The average Bonchev–Trinajstić information content (AvgIpc) is 2.86. The van der Waals surface area contributed by atoms with Crippen molar-refractivity contribution in [3.8, 4) is 0 Å². The smallest absolute Gasteiger partial charge is 0.251 e. The zero-order chi connectivity index (χ0) is 18.0. The van der Waals surface area contributed by atoms with E-state index in [0.29, 0.717) is 23.2 Å². The van der Waals surface area contributed by atoms with Crippen LogP contribution in [0.4, 0.5) is 5.69 Å². The minimum Gasteiger partial charge on any atom is -0.344 e. The van der Waals surface area contributed by atoms with Crippen molar-refractivity contribution in [2.75, 3.05) is 11.1 Å². The molecular formula is C18H18N2O4S. The van der Waals surface area contributed by atoms with Gasteiger partial charge in [0.25, 0.3) is 5.91 Å². The summed E-state index contributed by atoms with van der Waals surface area (Å²) in [6, 6.07) is 12.6. The molecule has 0 radical (unpaired) electrons. The molecule has 0 saturated heterocycles. The number of fused-ring (bicyclic) bond motifs is 1. The first kappa shape index (κ1) is 17.2. The Morgan fingerprint density at radius 1 is 1.12 bits per heavy atom. The monoisotopic (exact) mass is 358 g/mol. The van der Waals surface area contributed by atoms with Gasteiger partial charge in [0.15, 0.2) is 9.84 Å². The summed E-state index contributed by atoms with van der Waals surface area (Å²) in [5, 5.41) is 5.47. The zero-order valence-corrected chi connectivity index (χ0v) is 14.5. The highest BCUT2D eigenvalue weighted by Gasteiger charge is 2.35. The second-order valence-corrected chi connectivity index (χ2v) is 7.83. The Labute approximate surface area is 146 Å². The summed E-state index contributed by atoms with van der Waals surface area (Å²) in [5.74, 6) is -0.678. The lowest BCUT2D eigenvalue weighted by atomic mass is 10.1. The molecule has 3 rings (SSSR count). The Morgan fingerprint density at radius 3 is 2.64 bits per heavy atom. The van der Waals surface area contributed by atoms with E-state index in [1.54, 1.807) is 55.5 Å². The maximum atomic E-state index is 12.5. The fourth-order valence-corrected chi connectivity index (χ4v) is 4.54. The van der Waals surface area contributed by atoms with E-state index in [0.717, 1.165) is 0 Å². The molecule has 0 bridgehead atoms. The van der Waals surface area contributed by atoms with Gasteiger partial charge in [-0.3, -0.25) is 9.59 Å². The zero-order valence-electron chi connectivity index (χ0n) is 13.7. The molecule has 130 valence electrons. The first-order valence-corrected chi connectivity index (χ1v) is 9.58. The molecule has 1 aliphatic rings. The highest BCUT2D eigenvalue weighted by molar-refractivity contribution is 7.91. The third kappa shape index (κ3) is 3.56. The van der Waals surface area contributed by atoms with E-state index in [1.807, 2.05) is 0 Å². The molecule has 6 nitrogen and oxygen atoms in total. The molecule has 0 saturated carbocycles. The highest BCUT2D eigenvalue weighted by atomic mass is 32.2. The topological polar surface area (TPSA) is 92.3 Å². The number of anilines is 1. The molecule has 7 heteroatoms. The summed E-state index contributed by atoms with van der Waals surface area (Å²) in [7, 11) is -3.38. The number of rotatable bonds is 4. The Hall–Kier alpha value is -2.67. The van der Waals surface area contributed by atoms with Crippen LogP contribution in [-0.2, 0) is 14.6 Å². The largest absolute Gasteiger partial charge is 0.344 e. The van der Waals surface area contributed by atoms with Crippen LogP contribution in [0.5, 0.6) is 0 Å². The number of carbonyl (C=O) groups is 2. The van der Waals surface area contributed by atoms with Gasteiger partial charge < -0.3 is 10.6 Å². The summed E-state index contributed by atoms with van der Waals surface area (Å²) in [6.07, 6.45) is 0.340. The highest BCUT2D eigenvalue weighted by Crippen LogP contribution is 2.33. The van der Waals surface area contributed by atoms with Crippen LogP contribution in [0.3, 0.4) is 0 Å². The van der Waals surface area contributed by atoms with Crippen molar-refractivity contribution in [2.24, 2.45) is 0 Å². The number of sulfone groups is 1. The van der Waals surface area contributed by atoms with Crippen molar-refractivity contribution in [3.63, 3.8) is 0 Å². The van der Waals surface area contributed by atoms with Crippen LogP contribution in [0, 0.1) is 0 Å². The Balaban J connectivity index is 1.80. The Bertz CT molecular complexity index is 938. The minimum absolute atomic E-state index is 0.145. The number of hydrogen-bond acceptors (Lipinski definition) is 4. The maximum Gasteiger partial charge on any atom is 0.251 e. The number of amides is 2. The van der Waals surface area contributed by atoms with Crippen molar-refractivity contribution >= 4 is 27.3 Å². The van der Waals surface area contributed by atoms with Gasteiger partial charge in [-0.15, -0.1) is 0 Å². The van der Waals surface area contributed by atoms with Gasteiger partial charge in [0, 0.05) is 17.7 Å². The van der Waals surface area contributed by atoms with Crippen molar-refractivity contribution in [1.29, 1.82) is 0 Å². The molecule has 25 heavy (non-hydrogen) atoms. The average molecular weight is 358 g/mol. The van der Waals surface area contributed by atoms with E-state index in [9.17, 15) is 18.0 Å². The predicted molar refractivity (Wildman–Crippen MR) is 94.1 cm³/mol. The lowest BCUT2D eigenvalue weighted by Crippen LogP contribution is -2.29. The van der Waals surface area contributed by atoms with Gasteiger partial charge in [-0.1, -0.05) is 31.2 Å². The first-order chi connectivity index (χ1) is 11.9. The quantitative estimate of drug-likeness (QED) is 0.877. The maximum absolute atomic E-state index is 12.5. The van der Waals surface area contributed by atoms with Crippen LogP contribution in [0.2, 0.25) is 0 Å². The summed E-state index contributed by atoms with van der Waals surface area (Å²) in [5.41, 5.74) is 1.49. The van der Waals surface area contributed by atoms with E-state index < -0.39 is 15.9 Å². The van der Waals surface area contributed by atoms with Crippen LogP contribution >= 0.6 is 0 Å². The molecule has 2 aromatic carbocycles. The van der Waals surface area contributed by atoms with Crippen molar-refractivity contribution in [2.45, 2.75) is 24.3 Å². The van der Waals surface area contributed by atoms with E-state index in [4.69, 9.17) is 0 Å². The standard InChI is InChI=1S/C18H18N2O4S/c1-2-17(21)19-13-7-5-6-12(10-13)18(22)20-15-11-25(23,24)16-9-4-3-8-14(15)16/h3-10,15H,2,11H2,1H3,(H,19,21)(H,20,22). The van der Waals surface area contributed by atoms with Gasteiger partial charge >= 0.3 is 0 Å². The third-order valence-corrected chi connectivity index (χ3v) is 5.86.